The van der Waals surface area contributed by atoms with Gasteiger partial charge in [-0.2, -0.15) is 11.8 Å². The van der Waals surface area contributed by atoms with Crippen molar-refractivity contribution >= 4 is 29.0 Å². The number of rotatable bonds is 6. The fraction of sp³-hybridized carbons (Fsp3) is 0.381. The minimum Gasteiger partial charge on any atom is -0.369 e. The van der Waals surface area contributed by atoms with Crippen molar-refractivity contribution in [3.8, 4) is 0 Å². The zero-order chi connectivity index (χ0) is 18.4. The van der Waals surface area contributed by atoms with Crippen molar-refractivity contribution in [2.45, 2.75) is 18.7 Å². The summed E-state index contributed by atoms with van der Waals surface area (Å²) in [6.07, 6.45) is 1.95. The summed E-state index contributed by atoms with van der Waals surface area (Å²) in [5.41, 5.74) is 3.46. The first-order chi connectivity index (χ1) is 12.7. The van der Waals surface area contributed by atoms with Crippen LogP contribution in [-0.4, -0.2) is 48.5 Å². The summed E-state index contributed by atoms with van der Waals surface area (Å²) in [6, 6.07) is 18.9. The van der Waals surface area contributed by atoms with Gasteiger partial charge in [0.25, 0.3) is 0 Å². The molecule has 0 bridgehead atoms. The van der Waals surface area contributed by atoms with E-state index in [4.69, 9.17) is 0 Å². The number of hydrogen-bond acceptors (Lipinski definition) is 4. The highest BCUT2D eigenvalue weighted by Gasteiger charge is 2.17. The maximum atomic E-state index is 12.0. The summed E-state index contributed by atoms with van der Waals surface area (Å²) in [6.45, 7) is 7.14. The molecule has 1 fully saturated rings. The van der Waals surface area contributed by atoms with Crippen LogP contribution < -0.4 is 10.2 Å². The van der Waals surface area contributed by atoms with Gasteiger partial charge in [0.1, 0.15) is 0 Å². The number of hydrogen-bond donors (Lipinski definition) is 1. The number of nitrogens with one attached hydrogen (secondary N) is 1. The molecule has 1 aliphatic heterocycles. The molecule has 0 spiro atoms. The van der Waals surface area contributed by atoms with Crippen molar-refractivity contribution in [3.05, 3.63) is 60.2 Å². The fourth-order valence-electron chi connectivity index (χ4n) is 3.11. The fourth-order valence-corrected chi connectivity index (χ4v) is 3.39. The van der Waals surface area contributed by atoms with E-state index in [-0.39, 0.29) is 11.2 Å². The predicted molar refractivity (Wildman–Crippen MR) is 112 cm³/mol. The molecular formula is C21H27N3OS. The number of thioether (sulfide) groups is 1. The Labute approximate surface area is 160 Å². The van der Waals surface area contributed by atoms with Gasteiger partial charge in [0.05, 0.1) is 5.25 Å². The summed E-state index contributed by atoms with van der Waals surface area (Å²) in [7, 11) is 0. The highest BCUT2D eigenvalue weighted by molar-refractivity contribution is 7.99. The Hall–Kier alpha value is -1.98. The topological polar surface area (TPSA) is 35.6 Å². The summed E-state index contributed by atoms with van der Waals surface area (Å²) in [5, 5.41) is 2.94. The number of amides is 1. The van der Waals surface area contributed by atoms with Gasteiger partial charge in [0.2, 0.25) is 5.91 Å². The van der Waals surface area contributed by atoms with Crippen molar-refractivity contribution in [1.29, 1.82) is 0 Å². The molecule has 26 heavy (non-hydrogen) atoms. The maximum absolute atomic E-state index is 12.0. The standard InChI is InChI=1S/C21H27N3OS/c1-17(26-2)21(25)22-19-8-10-20(11-9-19)24-14-12-23(13-15-24)16-18-6-4-3-5-7-18/h3-11,17H,12-16H2,1-2H3,(H,22,25). The van der Waals surface area contributed by atoms with E-state index in [2.05, 4.69) is 57.6 Å². The minimum atomic E-state index is -0.0348. The zero-order valence-electron chi connectivity index (χ0n) is 15.5. The lowest BCUT2D eigenvalue weighted by molar-refractivity contribution is -0.115. The van der Waals surface area contributed by atoms with Gasteiger partial charge < -0.3 is 10.2 Å². The first kappa shape index (κ1) is 18.8. The molecule has 1 aliphatic rings. The van der Waals surface area contributed by atoms with E-state index in [9.17, 15) is 4.79 Å². The van der Waals surface area contributed by atoms with E-state index in [1.165, 1.54) is 11.3 Å². The SMILES string of the molecule is CSC(C)C(=O)Nc1ccc(N2CCN(Cc3ccccc3)CC2)cc1. The average Bonchev–Trinajstić information content (AvgIpc) is 2.69. The van der Waals surface area contributed by atoms with Crippen LogP contribution >= 0.6 is 11.8 Å². The number of anilines is 2. The van der Waals surface area contributed by atoms with Crippen LogP contribution in [0.15, 0.2) is 54.6 Å². The number of piperazine rings is 1. The van der Waals surface area contributed by atoms with Gasteiger partial charge in [-0.3, -0.25) is 9.69 Å². The molecule has 5 heteroatoms. The van der Waals surface area contributed by atoms with Crippen molar-refractivity contribution < 1.29 is 4.79 Å². The third kappa shape index (κ3) is 5.02. The van der Waals surface area contributed by atoms with Gasteiger partial charge in [0, 0.05) is 44.1 Å². The quantitative estimate of drug-likeness (QED) is 0.842. The number of benzene rings is 2. The lowest BCUT2D eigenvalue weighted by atomic mass is 10.2. The summed E-state index contributed by atoms with van der Waals surface area (Å²) < 4.78 is 0. The molecule has 2 aromatic rings. The van der Waals surface area contributed by atoms with Gasteiger partial charge in [0.15, 0.2) is 0 Å². The van der Waals surface area contributed by atoms with Crippen LogP contribution in [0.3, 0.4) is 0 Å². The van der Waals surface area contributed by atoms with E-state index >= 15 is 0 Å². The monoisotopic (exact) mass is 369 g/mol. The van der Waals surface area contributed by atoms with Gasteiger partial charge in [-0.1, -0.05) is 30.3 Å². The van der Waals surface area contributed by atoms with E-state index in [1.807, 2.05) is 25.3 Å². The normalized spacial score (nSPS) is 16.3. The number of nitrogens with zero attached hydrogens (tertiary/aromatic N) is 2. The minimum absolute atomic E-state index is 0.0348. The molecule has 1 unspecified atom stereocenters. The van der Waals surface area contributed by atoms with Gasteiger partial charge in [-0.05, 0) is 43.0 Å². The summed E-state index contributed by atoms with van der Waals surface area (Å²) >= 11 is 1.55. The van der Waals surface area contributed by atoms with Crippen LogP contribution in [0.1, 0.15) is 12.5 Å². The largest absolute Gasteiger partial charge is 0.369 e. The highest BCUT2D eigenvalue weighted by atomic mass is 32.2. The van der Waals surface area contributed by atoms with Gasteiger partial charge in [-0.25, -0.2) is 0 Å². The molecule has 0 saturated carbocycles. The molecule has 1 saturated heterocycles. The maximum Gasteiger partial charge on any atom is 0.237 e. The molecule has 0 radical (unpaired) electrons. The van der Waals surface area contributed by atoms with Crippen molar-refractivity contribution in [2.75, 3.05) is 42.7 Å². The second-order valence-corrected chi connectivity index (χ2v) is 7.84. The van der Waals surface area contributed by atoms with Crippen molar-refractivity contribution in [3.63, 3.8) is 0 Å². The van der Waals surface area contributed by atoms with Crippen LogP contribution in [0, 0.1) is 0 Å². The first-order valence-electron chi connectivity index (χ1n) is 9.10. The van der Waals surface area contributed by atoms with Crippen LogP contribution in [0.4, 0.5) is 11.4 Å². The lowest BCUT2D eigenvalue weighted by Gasteiger charge is -2.36. The Morgan fingerprint density at radius 1 is 1.04 bits per heavy atom. The van der Waals surface area contributed by atoms with E-state index < -0.39 is 0 Å². The third-order valence-corrected chi connectivity index (χ3v) is 5.77. The van der Waals surface area contributed by atoms with Crippen molar-refractivity contribution in [1.82, 2.24) is 4.90 Å². The molecule has 1 N–H and O–H groups in total. The van der Waals surface area contributed by atoms with E-state index in [0.717, 1.165) is 38.4 Å². The molecule has 1 heterocycles. The second kappa shape index (κ2) is 9.10. The van der Waals surface area contributed by atoms with Crippen molar-refractivity contribution in [2.24, 2.45) is 0 Å². The lowest BCUT2D eigenvalue weighted by Crippen LogP contribution is -2.45. The molecule has 2 aromatic carbocycles. The Morgan fingerprint density at radius 2 is 1.69 bits per heavy atom. The molecule has 138 valence electrons. The molecule has 4 nitrogen and oxygen atoms in total. The van der Waals surface area contributed by atoms with Crippen LogP contribution in [-0.2, 0) is 11.3 Å². The molecule has 1 atom stereocenters. The third-order valence-electron chi connectivity index (χ3n) is 4.84. The van der Waals surface area contributed by atoms with Crippen LogP contribution in [0.5, 0.6) is 0 Å². The molecule has 3 rings (SSSR count). The number of carbonyl (C=O) groups is 1. The molecule has 0 aromatic heterocycles. The molecule has 1 amide bonds. The van der Waals surface area contributed by atoms with Crippen LogP contribution in [0.2, 0.25) is 0 Å². The Morgan fingerprint density at radius 3 is 2.31 bits per heavy atom. The first-order valence-corrected chi connectivity index (χ1v) is 10.4. The van der Waals surface area contributed by atoms with Gasteiger partial charge in [-0.15, -0.1) is 0 Å². The zero-order valence-corrected chi connectivity index (χ0v) is 16.3. The second-order valence-electron chi connectivity index (χ2n) is 6.66. The average molecular weight is 370 g/mol. The summed E-state index contributed by atoms with van der Waals surface area (Å²) in [4.78, 5) is 16.9. The Bertz CT molecular complexity index is 697. The number of carbonyl (C=O) groups excluding carboxylic acids is 1. The van der Waals surface area contributed by atoms with Crippen LogP contribution in [0.25, 0.3) is 0 Å². The molecular weight excluding hydrogens is 342 g/mol. The predicted octanol–water partition coefficient (Wildman–Crippen LogP) is 3.70. The molecule has 0 aliphatic carbocycles. The van der Waals surface area contributed by atoms with Gasteiger partial charge >= 0.3 is 0 Å². The van der Waals surface area contributed by atoms with E-state index in [1.54, 1.807) is 11.8 Å². The Kier molecular flexibility index (Phi) is 6.58. The smallest absolute Gasteiger partial charge is 0.237 e. The summed E-state index contributed by atoms with van der Waals surface area (Å²) in [5.74, 6) is 0.0553. The Balaban J connectivity index is 1.50. The van der Waals surface area contributed by atoms with E-state index in [0.29, 0.717) is 0 Å². The highest BCUT2D eigenvalue weighted by Crippen LogP contribution is 2.21.